The number of piperidine rings is 1. The van der Waals surface area contributed by atoms with Crippen molar-refractivity contribution in [1.82, 2.24) is 9.21 Å². The molecule has 2 fully saturated rings. The molecule has 27 heavy (non-hydrogen) atoms. The molecule has 8 heteroatoms. The molecule has 0 aromatic heterocycles. The van der Waals surface area contributed by atoms with Crippen LogP contribution in [-0.2, 0) is 14.8 Å². The number of sulfonamides is 1. The van der Waals surface area contributed by atoms with Gasteiger partial charge in [0.2, 0.25) is 15.9 Å². The minimum Gasteiger partial charge on any atom is -0.391 e. The van der Waals surface area contributed by atoms with E-state index in [1.807, 2.05) is 0 Å². The summed E-state index contributed by atoms with van der Waals surface area (Å²) < 4.78 is 26.9. The minimum atomic E-state index is -3.57. The lowest BCUT2D eigenvalue weighted by Crippen LogP contribution is -2.50. The molecule has 6 nitrogen and oxygen atoms in total. The second kappa shape index (κ2) is 8.47. The molecule has 0 radical (unpaired) electrons. The van der Waals surface area contributed by atoms with Crippen molar-refractivity contribution in [1.29, 1.82) is 0 Å². The molecule has 1 aromatic carbocycles. The van der Waals surface area contributed by atoms with Crippen LogP contribution < -0.4 is 0 Å². The van der Waals surface area contributed by atoms with Crippen LogP contribution in [0.1, 0.15) is 38.5 Å². The molecule has 1 aliphatic heterocycles. The number of hydrogen-bond acceptors (Lipinski definition) is 4. The Morgan fingerprint density at radius 2 is 1.70 bits per heavy atom. The van der Waals surface area contributed by atoms with E-state index in [2.05, 4.69) is 0 Å². The summed E-state index contributed by atoms with van der Waals surface area (Å²) in [7, 11) is -1.81. The number of nitrogens with zero attached hydrogens (tertiary/aromatic N) is 2. The Hall–Kier alpha value is -1.15. The highest BCUT2D eigenvalue weighted by Crippen LogP contribution is 2.28. The first-order chi connectivity index (χ1) is 12.8. The number of hydrogen-bond donors (Lipinski definition) is 1. The number of aliphatic hydroxyl groups excluding tert-OH is 1. The van der Waals surface area contributed by atoms with Crippen molar-refractivity contribution in [3.63, 3.8) is 0 Å². The molecule has 1 N–H and O–H groups in total. The largest absolute Gasteiger partial charge is 0.391 e. The number of benzene rings is 1. The molecule has 1 aliphatic carbocycles. The third-order valence-electron chi connectivity index (χ3n) is 5.79. The molecular weight excluding hydrogens is 388 g/mol. The highest BCUT2D eigenvalue weighted by Gasteiger charge is 2.36. The number of rotatable bonds is 4. The fourth-order valence-electron chi connectivity index (χ4n) is 4.09. The van der Waals surface area contributed by atoms with Gasteiger partial charge in [0, 0.05) is 31.1 Å². The van der Waals surface area contributed by atoms with Crippen LogP contribution in [0.5, 0.6) is 0 Å². The van der Waals surface area contributed by atoms with Crippen molar-refractivity contribution in [2.75, 3.05) is 20.1 Å². The highest BCUT2D eigenvalue weighted by atomic mass is 35.5. The maximum atomic E-state index is 12.8. The van der Waals surface area contributed by atoms with Gasteiger partial charge in [-0.3, -0.25) is 4.79 Å². The summed E-state index contributed by atoms with van der Waals surface area (Å²) in [5.41, 5.74) is 0. The quantitative estimate of drug-likeness (QED) is 0.821. The molecule has 0 spiro atoms. The van der Waals surface area contributed by atoms with E-state index in [4.69, 9.17) is 11.6 Å². The van der Waals surface area contributed by atoms with E-state index in [9.17, 15) is 18.3 Å². The van der Waals surface area contributed by atoms with Crippen LogP contribution in [0.3, 0.4) is 0 Å². The topological polar surface area (TPSA) is 77.9 Å². The Morgan fingerprint density at radius 3 is 2.30 bits per heavy atom. The molecule has 2 aliphatic rings. The van der Waals surface area contributed by atoms with Crippen molar-refractivity contribution in [3.05, 3.63) is 29.3 Å². The maximum absolute atomic E-state index is 12.8. The summed E-state index contributed by atoms with van der Waals surface area (Å²) in [6.45, 7) is 0.644. The van der Waals surface area contributed by atoms with E-state index in [0.29, 0.717) is 31.0 Å². The molecule has 3 rings (SSSR count). The summed E-state index contributed by atoms with van der Waals surface area (Å²) in [4.78, 5) is 14.8. The number of carbonyl (C=O) groups is 1. The van der Waals surface area contributed by atoms with Crippen LogP contribution in [0, 0.1) is 5.92 Å². The first-order valence-corrected chi connectivity index (χ1v) is 11.3. The minimum absolute atomic E-state index is 0.0180. The van der Waals surface area contributed by atoms with E-state index >= 15 is 0 Å². The maximum Gasteiger partial charge on any atom is 0.243 e. The van der Waals surface area contributed by atoms with Crippen molar-refractivity contribution in [2.45, 2.75) is 55.6 Å². The zero-order valence-corrected chi connectivity index (χ0v) is 17.1. The number of halogens is 1. The van der Waals surface area contributed by atoms with Gasteiger partial charge in [-0.1, -0.05) is 24.4 Å². The highest BCUT2D eigenvalue weighted by molar-refractivity contribution is 7.89. The van der Waals surface area contributed by atoms with Crippen LogP contribution in [0.4, 0.5) is 0 Å². The number of likely N-dealkylation sites (N-methyl/N-ethyl adjacent to an activating group) is 1. The molecule has 1 aromatic rings. The van der Waals surface area contributed by atoms with Gasteiger partial charge in [0.15, 0.2) is 0 Å². The molecule has 0 unspecified atom stereocenters. The van der Waals surface area contributed by atoms with Crippen molar-refractivity contribution < 1.29 is 18.3 Å². The summed E-state index contributed by atoms with van der Waals surface area (Å²) in [5.74, 6) is -0.176. The standard InChI is InChI=1S/C19H27ClN2O4S/c1-21(17-4-2-3-5-18(17)23)19(24)14-10-12-22(13-11-14)27(25,26)16-8-6-15(20)7-9-16/h6-9,14,17-18,23H,2-5,10-13H2,1H3/t17-,18-/m1/s1. The summed E-state index contributed by atoms with van der Waals surface area (Å²) in [5, 5.41) is 10.7. The average Bonchev–Trinajstić information content (AvgIpc) is 2.68. The monoisotopic (exact) mass is 414 g/mol. The fourth-order valence-corrected chi connectivity index (χ4v) is 5.69. The fraction of sp³-hybridized carbons (Fsp3) is 0.632. The van der Waals surface area contributed by atoms with E-state index < -0.39 is 16.1 Å². The van der Waals surface area contributed by atoms with Gasteiger partial charge in [-0.05, 0) is 49.9 Å². The third kappa shape index (κ3) is 4.47. The van der Waals surface area contributed by atoms with Crippen LogP contribution in [-0.4, -0.2) is 60.9 Å². The predicted octanol–water partition coefficient (Wildman–Crippen LogP) is 2.50. The SMILES string of the molecule is CN(C(=O)C1CCN(S(=O)(=O)c2ccc(Cl)cc2)CC1)[C@@H]1CCCC[C@H]1O. The Kier molecular flexibility index (Phi) is 6.46. The van der Waals surface area contributed by atoms with Crippen LogP contribution >= 0.6 is 11.6 Å². The van der Waals surface area contributed by atoms with Gasteiger partial charge in [0.1, 0.15) is 0 Å². The number of aliphatic hydroxyl groups is 1. The normalized spacial score (nSPS) is 25.3. The van der Waals surface area contributed by atoms with Gasteiger partial charge < -0.3 is 10.0 Å². The Bertz CT molecular complexity index is 760. The van der Waals surface area contributed by atoms with Gasteiger partial charge in [-0.15, -0.1) is 0 Å². The summed E-state index contributed by atoms with van der Waals surface area (Å²) in [6.07, 6.45) is 4.13. The molecule has 0 bridgehead atoms. The smallest absolute Gasteiger partial charge is 0.243 e. The van der Waals surface area contributed by atoms with E-state index in [1.165, 1.54) is 16.4 Å². The third-order valence-corrected chi connectivity index (χ3v) is 7.96. The Balaban J connectivity index is 1.61. The molecular formula is C19H27ClN2O4S. The molecule has 1 amide bonds. The van der Waals surface area contributed by atoms with E-state index in [1.54, 1.807) is 24.1 Å². The van der Waals surface area contributed by atoms with Crippen molar-refractivity contribution in [2.24, 2.45) is 5.92 Å². The van der Waals surface area contributed by atoms with Gasteiger partial charge in [0.25, 0.3) is 0 Å². The Morgan fingerprint density at radius 1 is 1.11 bits per heavy atom. The van der Waals surface area contributed by atoms with Gasteiger partial charge >= 0.3 is 0 Å². The predicted molar refractivity (Wildman–Crippen MR) is 104 cm³/mol. The molecule has 150 valence electrons. The lowest BCUT2D eigenvalue weighted by molar-refractivity contribution is -0.141. The molecule has 1 saturated heterocycles. The van der Waals surface area contributed by atoms with Crippen LogP contribution in [0.25, 0.3) is 0 Å². The first kappa shape index (κ1) is 20.6. The summed E-state index contributed by atoms with van der Waals surface area (Å²) >= 11 is 5.84. The number of amides is 1. The summed E-state index contributed by atoms with van der Waals surface area (Å²) in [6, 6.07) is 6.02. The number of carbonyl (C=O) groups excluding carboxylic acids is 1. The molecule has 2 atom stereocenters. The zero-order valence-electron chi connectivity index (χ0n) is 15.6. The average molecular weight is 415 g/mol. The second-order valence-corrected chi connectivity index (χ2v) is 9.87. The van der Waals surface area contributed by atoms with Crippen molar-refractivity contribution in [3.8, 4) is 0 Å². The lowest BCUT2D eigenvalue weighted by Gasteiger charge is -2.38. The van der Waals surface area contributed by atoms with E-state index in [0.717, 1.165) is 25.7 Å². The van der Waals surface area contributed by atoms with Gasteiger partial charge in [-0.25, -0.2) is 8.42 Å². The zero-order chi connectivity index (χ0) is 19.6. The van der Waals surface area contributed by atoms with Crippen LogP contribution in [0.2, 0.25) is 5.02 Å². The molecule has 1 heterocycles. The lowest BCUT2D eigenvalue weighted by atomic mass is 9.89. The van der Waals surface area contributed by atoms with Gasteiger partial charge in [0.05, 0.1) is 17.0 Å². The second-order valence-electron chi connectivity index (χ2n) is 7.50. The Labute approximate surface area is 166 Å². The van der Waals surface area contributed by atoms with E-state index in [-0.39, 0.29) is 22.8 Å². The van der Waals surface area contributed by atoms with Crippen LogP contribution in [0.15, 0.2) is 29.2 Å². The van der Waals surface area contributed by atoms with Crippen molar-refractivity contribution >= 4 is 27.5 Å². The molecule has 1 saturated carbocycles. The van der Waals surface area contributed by atoms with Gasteiger partial charge in [-0.2, -0.15) is 4.31 Å². The first-order valence-electron chi connectivity index (χ1n) is 9.51.